The summed E-state index contributed by atoms with van der Waals surface area (Å²) < 4.78 is 5.29. The van der Waals surface area contributed by atoms with Gasteiger partial charge in [-0.2, -0.15) is 0 Å². The summed E-state index contributed by atoms with van der Waals surface area (Å²) in [5, 5.41) is 12.1. The summed E-state index contributed by atoms with van der Waals surface area (Å²) in [7, 11) is 1.69. The molecule has 1 atom stereocenters. The fraction of sp³-hybridized carbons (Fsp3) is 0.571. The summed E-state index contributed by atoms with van der Waals surface area (Å²) in [4.78, 5) is 0. The van der Waals surface area contributed by atoms with E-state index in [1.165, 1.54) is 16.7 Å². The number of aliphatic hydroxyl groups excluding tert-OH is 1. The second-order valence-corrected chi connectivity index (χ2v) is 4.57. The van der Waals surface area contributed by atoms with E-state index >= 15 is 0 Å². The third-order valence-corrected chi connectivity index (χ3v) is 3.28. The molecule has 1 aromatic rings. The van der Waals surface area contributed by atoms with Crippen LogP contribution in [0.15, 0.2) is 12.1 Å². The van der Waals surface area contributed by atoms with E-state index in [1.54, 1.807) is 7.11 Å². The van der Waals surface area contributed by atoms with E-state index in [-0.39, 0.29) is 12.6 Å². The molecular formula is C14H24N2O2. The Labute approximate surface area is 109 Å². The van der Waals surface area contributed by atoms with Crippen molar-refractivity contribution in [2.45, 2.75) is 26.3 Å². The molecule has 0 spiro atoms. The van der Waals surface area contributed by atoms with Gasteiger partial charge in [0.1, 0.15) is 5.75 Å². The number of ether oxygens (including phenoxy) is 1. The van der Waals surface area contributed by atoms with Crippen LogP contribution in [0.3, 0.4) is 0 Å². The van der Waals surface area contributed by atoms with Crippen LogP contribution >= 0.6 is 0 Å². The second kappa shape index (κ2) is 7.36. The molecule has 0 aliphatic rings. The third kappa shape index (κ3) is 3.98. The molecule has 102 valence electrons. The zero-order chi connectivity index (χ0) is 13.5. The molecule has 0 fully saturated rings. The van der Waals surface area contributed by atoms with Crippen molar-refractivity contribution < 1.29 is 9.84 Å². The highest BCUT2D eigenvalue weighted by Crippen LogP contribution is 2.23. The Hall–Kier alpha value is -1.10. The van der Waals surface area contributed by atoms with Gasteiger partial charge in [0.15, 0.2) is 0 Å². The van der Waals surface area contributed by atoms with Crippen LogP contribution < -0.4 is 15.8 Å². The van der Waals surface area contributed by atoms with E-state index < -0.39 is 0 Å². The summed E-state index contributed by atoms with van der Waals surface area (Å²) in [6.07, 6.45) is 0.953. The van der Waals surface area contributed by atoms with E-state index in [0.717, 1.165) is 18.7 Å². The van der Waals surface area contributed by atoms with Crippen molar-refractivity contribution in [3.05, 3.63) is 28.8 Å². The zero-order valence-electron chi connectivity index (χ0n) is 11.5. The van der Waals surface area contributed by atoms with Crippen LogP contribution in [0, 0.1) is 13.8 Å². The first kappa shape index (κ1) is 15.0. The van der Waals surface area contributed by atoms with Gasteiger partial charge in [0, 0.05) is 12.6 Å². The summed E-state index contributed by atoms with van der Waals surface area (Å²) >= 11 is 0. The van der Waals surface area contributed by atoms with Crippen LogP contribution in [0.2, 0.25) is 0 Å². The molecule has 4 nitrogen and oxygen atoms in total. The van der Waals surface area contributed by atoms with E-state index in [1.807, 2.05) is 6.07 Å². The maximum atomic E-state index is 8.81. The Kier molecular flexibility index (Phi) is 6.12. The Bertz CT molecular complexity index is 380. The van der Waals surface area contributed by atoms with Crippen molar-refractivity contribution in [3.63, 3.8) is 0 Å². The van der Waals surface area contributed by atoms with Crippen LogP contribution in [-0.4, -0.2) is 38.0 Å². The Morgan fingerprint density at radius 1 is 1.33 bits per heavy atom. The van der Waals surface area contributed by atoms with Crippen molar-refractivity contribution in [1.29, 1.82) is 0 Å². The number of methoxy groups -OCH3 is 1. The molecule has 0 saturated carbocycles. The van der Waals surface area contributed by atoms with Crippen LogP contribution in [0.5, 0.6) is 5.75 Å². The minimum absolute atomic E-state index is 0.0215. The van der Waals surface area contributed by atoms with Crippen LogP contribution in [0.25, 0.3) is 0 Å². The van der Waals surface area contributed by atoms with Gasteiger partial charge in [-0.25, -0.2) is 0 Å². The quantitative estimate of drug-likeness (QED) is 0.627. The molecule has 18 heavy (non-hydrogen) atoms. The lowest BCUT2D eigenvalue weighted by atomic mass is 10.00. The van der Waals surface area contributed by atoms with E-state index in [9.17, 15) is 0 Å². The molecule has 0 amide bonds. The molecule has 0 bridgehead atoms. The number of nitrogens with one attached hydrogen (secondary N) is 1. The fourth-order valence-electron chi connectivity index (χ4n) is 1.92. The third-order valence-electron chi connectivity index (χ3n) is 3.28. The Morgan fingerprint density at radius 3 is 2.67 bits per heavy atom. The largest absolute Gasteiger partial charge is 0.496 e. The van der Waals surface area contributed by atoms with Gasteiger partial charge in [-0.3, -0.25) is 0 Å². The predicted molar refractivity (Wildman–Crippen MR) is 74.1 cm³/mol. The van der Waals surface area contributed by atoms with E-state index in [0.29, 0.717) is 6.54 Å². The standard InChI is InChI=1S/C14H24N2O2/c1-10-11(2)14(18-3)5-4-12(10)6-7-16-8-13(15)9-17/h4-5,13,16-17H,6-9,15H2,1-3H3. The monoisotopic (exact) mass is 252 g/mol. The highest BCUT2D eigenvalue weighted by Gasteiger charge is 2.06. The minimum atomic E-state index is -0.177. The minimum Gasteiger partial charge on any atom is -0.496 e. The number of hydrogen-bond acceptors (Lipinski definition) is 4. The first-order valence-electron chi connectivity index (χ1n) is 6.30. The molecule has 0 aromatic heterocycles. The molecule has 4 heteroatoms. The summed E-state index contributed by atoms with van der Waals surface area (Å²) in [6.45, 7) is 5.72. The topological polar surface area (TPSA) is 67.5 Å². The number of nitrogens with two attached hydrogens (primary N) is 1. The molecule has 0 aliphatic carbocycles. The average Bonchev–Trinajstić information content (AvgIpc) is 2.39. The Balaban J connectivity index is 2.50. The van der Waals surface area contributed by atoms with Gasteiger partial charge >= 0.3 is 0 Å². The molecule has 0 heterocycles. The maximum Gasteiger partial charge on any atom is 0.122 e. The number of benzene rings is 1. The zero-order valence-corrected chi connectivity index (χ0v) is 11.5. The van der Waals surface area contributed by atoms with Gasteiger partial charge in [-0.15, -0.1) is 0 Å². The first-order chi connectivity index (χ1) is 8.60. The second-order valence-electron chi connectivity index (χ2n) is 4.57. The van der Waals surface area contributed by atoms with Crippen molar-refractivity contribution in [1.82, 2.24) is 5.32 Å². The number of hydrogen-bond donors (Lipinski definition) is 3. The molecule has 1 unspecified atom stereocenters. The normalized spacial score (nSPS) is 12.5. The molecule has 1 aromatic carbocycles. The fourth-order valence-corrected chi connectivity index (χ4v) is 1.92. The van der Waals surface area contributed by atoms with Crippen molar-refractivity contribution in [2.24, 2.45) is 5.73 Å². The van der Waals surface area contributed by atoms with Gasteiger partial charge in [0.05, 0.1) is 13.7 Å². The van der Waals surface area contributed by atoms with Gasteiger partial charge < -0.3 is 20.9 Å². The lowest BCUT2D eigenvalue weighted by Crippen LogP contribution is -2.37. The van der Waals surface area contributed by atoms with Gasteiger partial charge in [-0.1, -0.05) is 6.07 Å². The number of aliphatic hydroxyl groups is 1. The molecular weight excluding hydrogens is 228 g/mol. The lowest BCUT2D eigenvalue weighted by molar-refractivity contribution is 0.262. The van der Waals surface area contributed by atoms with Crippen molar-refractivity contribution >= 4 is 0 Å². The number of rotatable bonds is 7. The maximum absolute atomic E-state index is 8.81. The lowest BCUT2D eigenvalue weighted by Gasteiger charge is -2.14. The van der Waals surface area contributed by atoms with E-state index in [2.05, 4.69) is 25.2 Å². The van der Waals surface area contributed by atoms with Crippen molar-refractivity contribution in [3.8, 4) is 5.75 Å². The van der Waals surface area contributed by atoms with Crippen LogP contribution in [0.4, 0.5) is 0 Å². The molecule has 0 aliphatic heterocycles. The molecule has 0 saturated heterocycles. The predicted octanol–water partition coefficient (Wildman–Crippen LogP) is 0.764. The summed E-state index contributed by atoms with van der Waals surface area (Å²) in [6, 6.07) is 3.94. The summed E-state index contributed by atoms with van der Waals surface area (Å²) in [5.74, 6) is 0.937. The molecule has 1 rings (SSSR count). The Morgan fingerprint density at radius 2 is 2.06 bits per heavy atom. The van der Waals surface area contributed by atoms with Crippen LogP contribution in [0.1, 0.15) is 16.7 Å². The first-order valence-corrected chi connectivity index (χ1v) is 6.30. The average molecular weight is 252 g/mol. The molecule has 4 N–H and O–H groups in total. The van der Waals surface area contributed by atoms with Crippen molar-refractivity contribution in [2.75, 3.05) is 26.8 Å². The summed E-state index contributed by atoms with van der Waals surface area (Å²) in [5.41, 5.74) is 9.41. The molecule has 0 radical (unpaired) electrons. The van der Waals surface area contributed by atoms with E-state index in [4.69, 9.17) is 15.6 Å². The van der Waals surface area contributed by atoms with Gasteiger partial charge in [0.2, 0.25) is 0 Å². The van der Waals surface area contributed by atoms with Crippen LogP contribution in [-0.2, 0) is 6.42 Å². The smallest absolute Gasteiger partial charge is 0.122 e. The highest BCUT2D eigenvalue weighted by atomic mass is 16.5. The van der Waals surface area contributed by atoms with Gasteiger partial charge in [-0.05, 0) is 49.6 Å². The van der Waals surface area contributed by atoms with Gasteiger partial charge in [0.25, 0.3) is 0 Å². The highest BCUT2D eigenvalue weighted by molar-refractivity contribution is 5.43. The SMILES string of the molecule is COc1ccc(CCNCC(N)CO)c(C)c1C.